The van der Waals surface area contributed by atoms with Gasteiger partial charge in [0.25, 0.3) is 0 Å². The lowest BCUT2D eigenvalue weighted by molar-refractivity contribution is 0.545. The summed E-state index contributed by atoms with van der Waals surface area (Å²) >= 11 is 1.48. The largest absolute Gasteiger partial charge is 0.330 e. The maximum atomic E-state index is 14.0. The summed E-state index contributed by atoms with van der Waals surface area (Å²) in [7, 11) is 0. The molecule has 1 heterocycles. The molecule has 0 aliphatic carbocycles. The molecule has 19 heavy (non-hydrogen) atoms. The first-order chi connectivity index (χ1) is 9.27. The van der Waals surface area contributed by atoms with Crippen molar-refractivity contribution in [2.45, 2.75) is 24.3 Å². The zero-order chi connectivity index (χ0) is 13.7. The number of halogens is 1. The van der Waals surface area contributed by atoms with Gasteiger partial charge in [0, 0.05) is 11.4 Å². The molecule has 0 saturated carbocycles. The van der Waals surface area contributed by atoms with E-state index in [1.54, 1.807) is 10.7 Å². The summed E-state index contributed by atoms with van der Waals surface area (Å²) in [5.74, 6) is 0.168. The summed E-state index contributed by atoms with van der Waals surface area (Å²) in [6.45, 7) is 1.27. The topological polar surface area (TPSA) is 69.6 Å². The number of rotatable bonds is 6. The van der Waals surface area contributed by atoms with Gasteiger partial charge in [-0.1, -0.05) is 6.07 Å². The minimum absolute atomic E-state index is 0.304. The fourth-order valence-corrected chi connectivity index (χ4v) is 2.44. The standard InChI is InChI=1S/C12H16FN5S/c1-19-10-6-4-5-9(13)11(10)12-15-16-17-18(12)8-3-2-7-14/h4-6H,2-3,7-8,14H2,1H3. The molecule has 2 N–H and O–H groups in total. The van der Waals surface area contributed by atoms with E-state index < -0.39 is 0 Å². The Hall–Kier alpha value is -1.47. The van der Waals surface area contributed by atoms with E-state index in [0.717, 1.165) is 17.7 Å². The summed E-state index contributed by atoms with van der Waals surface area (Å²) in [4.78, 5) is 0.829. The van der Waals surface area contributed by atoms with E-state index in [2.05, 4.69) is 15.5 Å². The van der Waals surface area contributed by atoms with Crippen molar-refractivity contribution in [1.82, 2.24) is 20.2 Å². The van der Waals surface area contributed by atoms with Crippen molar-refractivity contribution in [3.8, 4) is 11.4 Å². The van der Waals surface area contributed by atoms with Gasteiger partial charge in [-0.3, -0.25) is 0 Å². The zero-order valence-electron chi connectivity index (χ0n) is 10.7. The third-order valence-corrected chi connectivity index (χ3v) is 3.55. The second kappa shape index (κ2) is 6.63. The fourth-order valence-electron chi connectivity index (χ4n) is 1.83. The number of nitrogens with zero attached hydrogens (tertiary/aromatic N) is 4. The van der Waals surface area contributed by atoms with Crippen LogP contribution >= 0.6 is 11.8 Å². The van der Waals surface area contributed by atoms with E-state index in [0.29, 0.717) is 24.5 Å². The lowest BCUT2D eigenvalue weighted by Crippen LogP contribution is -2.07. The number of tetrazole rings is 1. The monoisotopic (exact) mass is 281 g/mol. The summed E-state index contributed by atoms with van der Waals surface area (Å²) in [5, 5.41) is 11.5. The predicted octanol–water partition coefficient (Wildman–Crippen LogP) is 1.94. The first-order valence-corrected chi connectivity index (χ1v) is 7.29. The molecule has 0 aliphatic heterocycles. The van der Waals surface area contributed by atoms with Crippen LogP contribution in [0.2, 0.25) is 0 Å². The van der Waals surface area contributed by atoms with Crippen LogP contribution in [0.4, 0.5) is 4.39 Å². The van der Waals surface area contributed by atoms with Crippen molar-refractivity contribution in [1.29, 1.82) is 0 Å². The number of aromatic nitrogens is 4. The van der Waals surface area contributed by atoms with Gasteiger partial charge in [-0.25, -0.2) is 9.07 Å². The van der Waals surface area contributed by atoms with Crippen LogP contribution in [-0.2, 0) is 6.54 Å². The quantitative estimate of drug-likeness (QED) is 0.647. The molecule has 2 rings (SSSR count). The second-order valence-electron chi connectivity index (χ2n) is 4.04. The Balaban J connectivity index is 2.34. The molecule has 0 unspecified atom stereocenters. The van der Waals surface area contributed by atoms with Gasteiger partial charge >= 0.3 is 0 Å². The van der Waals surface area contributed by atoms with E-state index in [9.17, 15) is 4.39 Å². The van der Waals surface area contributed by atoms with E-state index in [-0.39, 0.29) is 5.82 Å². The molecule has 0 atom stereocenters. The number of unbranched alkanes of at least 4 members (excludes halogenated alkanes) is 1. The minimum Gasteiger partial charge on any atom is -0.330 e. The SMILES string of the molecule is CSc1cccc(F)c1-c1nnnn1CCCCN. The van der Waals surface area contributed by atoms with E-state index >= 15 is 0 Å². The third-order valence-electron chi connectivity index (χ3n) is 2.77. The Bertz CT molecular complexity index is 543. The van der Waals surface area contributed by atoms with Gasteiger partial charge in [0.05, 0.1) is 5.56 Å². The Morgan fingerprint density at radius 2 is 2.21 bits per heavy atom. The molecule has 0 radical (unpaired) electrons. The van der Waals surface area contributed by atoms with Gasteiger partial charge in [0.15, 0.2) is 5.82 Å². The summed E-state index contributed by atoms with van der Waals surface area (Å²) in [6.07, 6.45) is 3.67. The highest BCUT2D eigenvalue weighted by Crippen LogP contribution is 2.30. The first kappa shape index (κ1) is 14.0. The van der Waals surface area contributed by atoms with Gasteiger partial charge < -0.3 is 5.73 Å². The van der Waals surface area contributed by atoms with Crippen molar-refractivity contribution < 1.29 is 4.39 Å². The molecular weight excluding hydrogens is 265 g/mol. The van der Waals surface area contributed by atoms with E-state index in [4.69, 9.17) is 5.73 Å². The third kappa shape index (κ3) is 3.10. The average molecular weight is 281 g/mol. The first-order valence-electron chi connectivity index (χ1n) is 6.07. The van der Waals surface area contributed by atoms with Gasteiger partial charge in [-0.2, -0.15) is 0 Å². The van der Waals surface area contributed by atoms with Crippen molar-refractivity contribution in [2.75, 3.05) is 12.8 Å². The second-order valence-corrected chi connectivity index (χ2v) is 4.89. The Morgan fingerprint density at radius 3 is 2.95 bits per heavy atom. The summed E-state index contributed by atoms with van der Waals surface area (Å²) in [6, 6.07) is 4.98. The highest BCUT2D eigenvalue weighted by atomic mass is 32.2. The van der Waals surface area contributed by atoms with Crippen molar-refractivity contribution in [2.24, 2.45) is 5.73 Å². The molecule has 0 fully saturated rings. The smallest absolute Gasteiger partial charge is 0.186 e. The van der Waals surface area contributed by atoms with Crippen LogP contribution in [0.5, 0.6) is 0 Å². The maximum Gasteiger partial charge on any atom is 0.186 e. The molecule has 5 nitrogen and oxygen atoms in total. The molecule has 1 aromatic carbocycles. The summed E-state index contributed by atoms with van der Waals surface area (Å²) < 4.78 is 15.7. The van der Waals surface area contributed by atoms with Crippen LogP contribution in [0.25, 0.3) is 11.4 Å². The number of thioether (sulfide) groups is 1. The molecular formula is C12H16FN5S. The average Bonchev–Trinajstić information content (AvgIpc) is 2.87. The molecule has 1 aromatic heterocycles. The van der Waals surface area contributed by atoms with Crippen LogP contribution in [0.3, 0.4) is 0 Å². The van der Waals surface area contributed by atoms with E-state index in [1.165, 1.54) is 17.8 Å². The molecule has 2 aromatic rings. The van der Waals surface area contributed by atoms with Gasteiger partial charge in [-0.15, -0.1) is 16.9 Å². The molecule has 7 heteroatoms. The van der Waals surface area contributed by atoms with E-state index in [1.807, 2.05) is 12.3 Å². The summed E-state index contributed by atoms with van der Waals surface area (Å²) in [5.41, 5.74) is 5.93. The van der Waals surface area contributed by atoms with Gasteiger partial charge in [0.1, 0.15) is 5.82 Å². The highest BCUT2D eigenvalue weighted by molar-refractivity contribution is 7.98. The normalized spacial score (nSPS) is 10.9. The lowest BCUT2D eigenvalue weighted by atomic mass is 10.2. The Morgan fingerprint density at radius 1 is 1.37 bits per heavy atom. The predicted molar refractivity (Wildman–Crippen MR) is 73.3 cm³/mol. The van der Waals surface area contributed by atoms with Crippen LogP contribution in [-0.4, -0.2) is 33.0 Å². The van der Waals surface area contributed by atoms with Gasteiger partial charge in [0.2, 0.25) is 0 Å². The Kier molecular flexibility index (Phi) is 4.86. The van der Waals surface area contributed by atoms with Crippen molar-refractivity contribution in [3.05, 3.63) is 24.0 Å². The van der Waals surface area contributed by atoms with Crippen LogP contribution in [0, 0.1) is 5.82 Å². The molecule has 0 bridgehead atoms. The van der Waals surface area contributed by atoms with Crippen LogP contribution < -0.4 is 5.73 Å². The number of benzene rings is 1. The van der Waals surface area contributed by atoms with Gasteiger partial charge in [-0.05, 0) is 48.2 Å². The number of aryl methyl sites for hydroxylation is 1. The van der Waals surface area contributed by atoms with Crippen LogP contribution in [0.1, 0.15) is 12.8 Å². The molecule has 102 valence electrons. The van der Waals surface area contributed by atoms with Crippen molar-refractivity contribution >= 4 is 11.8 Å². The van der Waals surface area contributed by atoms with Crippen molar-refractivity contribution in [3.63, 3.8) is 0 Å². The Labute approximate surface area is 115 Å². The molecule has 0 spiro atoms. The number of hydrogen-bond donors (Lipinski definition) is 1. The van der Waals surface area contributed by atoms with Crippen LogP contribution in [0.15, 0.2) is 23.1 Å². The molecule has 0 aliphatic rings. The minimum atomic E-state index is -0.304. The molecule has 0 saturated heterocycles. The fraction of sp³-hybridized carbons (Fsp3) is 0.417. The lowest BCUT2D eigenvalue weighted by Gasteiger charge is -2.08. The number of hydrogen-bond acceptors (Lipinski definition) is 5. The molecule has 0 amide bonds. The highest BCUT2D eigenvalue weighted by Gasteiger charge is 2.17. The zero-order valence-corrected chi connectivity index (χ0v) is 11.5. The maximum absolute atomic E-state index is 14.0. The number of nitrogens with two attached hydrogens (primary N) is 1.